The van der Waals surface area contributed by atoms with Gasteiger partial charge in [-0.15, -0.1) is 0 Å². The van der Waals surface area contributed by atoms with Crippen LogP contribution in [-0.4, -0.2) is 38.0 Å². The summed E-state index contributed by atoms with van der Waals surface area (Å²) in [6.45, 7) is -0.741. The minimum absolute atomic E-state index is 0.0925. The van der Waals surface area contributed by atoms with E-state index in [-0.39, 0.29) is 18.2 Å². The Hall–Kier alpha value is -2.51. The summed E-state index contributed by atoms with van der Waals surface area (Å²) in [5, 5.41) is 5.51. The highest BCUT2D eigenvalue weighted by atomic mass is 35.5. The van der Waals surface area contributed by atoms with Crippen LogP contribution in [0.1, 0.15) is 10.6 Å². The first-order valence-electron chi connectivity index (χ1n) is 7.10. The lowest BCUT2D eigenvalue weighted by Gasteiger charge is -2.05. The second-order valence-electron chi connectivity index (χ2n) is 4.81. The molecule has 0 atom stereocenters. The number of rotatable bonds is 6. The van der Waals surface area contributed by atoms with Crippen LogP contribution >= 0.6 is 23.2 Å². The summed E-state index contributed by atoms with van der Waals surface area (Å²) >= 11 is 12.0. The summed E-state index contributed by atoms with van der Waals surface area (Å²) in [6.07, 6.45) is 0. The first-order valence-corrected chi connectivity index (χ1v) is 7.86. The van der Waals surface area contributed by atoms with E-state index in [1.54, 1.807) is 24.3 Å². The molecule has 0 aliphatic rings. The quantitative estimate of drug-likeness (QED) is 0.744. The Balaban J connectivity index is 1.95. The van der Waals surface area contributed by atoms with Crippen molar-refractivity contribution < 1.29 is 23.5 Å². The van der Waals surface area contributed by atoms with Crippen molar-refractivity contribution in [2.75, 3.05) is 20.2 Å². The average Bonchev–Trinajstić information content (AvgIpc) is 3.09. The van der Waals surface area contributed by atoms with Gasteiger partial charge in [-0.25, -0.2) is 4.79 Å². The van der Waals surface area contributed by atoms with Crippen LogP contribution in [0.3, 0.4) is 0 Å². The lowest BCUT2D eigenvalue weighted by Crippen LogP contribution is -2.37. The molecule has 0 radical (unpaired) electrons. The van der Waals surface area contributed by atoms with E-state index in [2.05, 4.69) is 10.6 Å². The van der Waals surface area contributed by atoms with Gasteiger partial charge < -0.3 is 19.8 Å². The third kappa shape index (κ3) is 5.23. The predicted molar refractivity (Wildman–Crippen MR) is 91.5 cm³/mol. The summed E-state index contributed by atoms with van der Waals surface area (Å²) in [4.78, 5) is 34.4. The van der Waals surface area contributed by atoms with Crippen LogP contribution in [0.2, 0.25) is 10.0 Å². The molecule has 9 heteroatoms. The highest BCUT2D eigenvalue weighted by Gasteiger charge is 2.17. The number of likely N-dealkylation sites (N-methyl/N-ethyl adjacent to an activating group) is 1. The fraction of sp³-hybridized carbons (Fsp3) is 0.188. The van der Waals surface area contributed by atoms with Gasteiger partial charge in [0.2, 0.25) is 11.7 Å². The molecule has 0 saturated heterocycles. The van der Waals surface area contributed by atoms with Gasteiger partial charge in [0.1, 0.15) is 5.76 Å². The zero-order valence-electron chi connectivity index (χ0n) is 13.1. The lowest BCUT2D eigenvalue weighted by molar-refractivity contribution is -0.127. The van der Waals surface area contributed by atoms with Crippen LogP contribution in [0.25, 0.3) is 11.3 Å². The van der Waals surface area contributed by atoms with Gasteiger partial charge in [-0.05, 0) is 30.3 Å². The molecule has 25 heavy (non-hydrogen) atoms. The van der Waals surface area contributed by atoms with Crippen molar-refractivity contribution >= 4 is 41.0 Å². The normalized spacial score (nSPS) is 10.2. The van der Waals surface area contributed by atoms with Gasteiger partial charge in [-0.2, -0.15) is 0 Å². The van der Waals surface area contributed by atoms with Crippen molar-refractivity contribution in [3.8, 4) is 11.3 Å². The van der Waals surface area contributed by atoms with Crippen molar-refractivity contribution in [1.82, 2.24) is 10.6 Å². The molecule has 0 spiro atoms. The molecule has 2 rings (SSSR count). The largest absolute Gasteiger partial charge is 0.450 e. The van der Waals surface area contributed by atoms with Gasteiger partial charge in [0, 0.05) is 17.6 Å². The van der Waals surface area contributed by atoms with Crippen molar-refractivity contribution in [2.24, 2.45) is 0 Å². The Kier molecular flexibility index (Phi) is 6.44. The standard InChI is InChI=1S/C16H14Cl2N2O5/c1-19-14(21)7-20-15(22)8-24-16(23)13-5-4-12(25-13)10-6-9(17)2-3-11(10)18/h2-6H,7-8H2,1H3,(H,19,21)(H,20,22). The van der Waals surface area contributed by atoms with E-state index < -0.39 is 18.5 Å². The third-order valence-electron chi connectivity index (χ3n) is 3.06. The van der Waals surface area contributed by atoms with Crippen molar-refractivity contribution in [1.29, 1.82) is 0 Å². The third-order valence-corrected chi connectivity index (χ3v) is 3.63. The van der Waals surface area contributed by atoms with Gasteiger partial charge >= 0.3 is 5.97 Å². The number of furan rings is 1. The molecule has 7 nitrogen and oxygen atoms in total. The van der Waals surface area contributed by atoms with E-state index in [1.165, 1.54) is 13.1 Å². The van der Waals surface area contributed by atoms with Crippen LogP contribution < -0.4 is 10.6 Å². The van der Waals surface area contributed by atoms with E-state index in [4.69, 9.17) is 32.4 Å². The molecule has 132 valence electrons. The zero-order valence-corrected chi connectivity index (χ0v) is 14.6. The number of amides is 2. The van der Waals surface area contributed by atoms with Crippen LogP contribution in [0.5, 0.6) is 0 Å². The second-order valence-corrected chi connectivity index (χ2v) is 5.66. The van der Waals surface area contributed by atoms with Crippen molar-refractivity contribution in [3.05, 3.63) is 46.1 Å². The molecular formula is C16H14Cl2N2O5. The minimum Gasteiger partial charge on any atom is -0.450 e. The number of ether oxygens (including phenoxy) is 1. The Bertz CT molecular complexity index is 804. The van der Waals surface area contributed by atoms with Crippen LogP contribution in [0.15, 0.2) is 34.7 Å². The van der Waals surface area contributed by atoms with E-state index in [9.17, 15) is 14.4 Å². The number of carbonyl (C=O) groups excluding carboxylic acids is 3. The summed E-state index contributed by atoms with van der Waals surface area (Å²) in [7, 11) is 1.44. The predicted octanol–water partition coefficient (Wildman–Crippen LogP) is 2.27. The molecule has 2 N–H and O–H groups in total. The summed E-state index contributed by atoms with van der Waals surface area (Å²) in [6, 6.07) is 7.78. The van der Waals surface area contributed by atoms with Crippen LogP contribution in [0.4, 0.5) is 0 Å². The molecular weight excluding hydrogens is 371 g/mol. The summed E-state index contributed by atoms with van der Waals surface area (Å²) < 4.78 is 10.2. The van der Waals surface area contributed by atoms with Gasteiger partial charge in [-0.3, -0.25) is 9.59 Å². The van der Waals surface area contributed by atoms with Gasteiger partial charge in [0.25, 0.3) is 5.91 Å². The Morgan fingerprint density at radius 2 is 1.88 bits per heavy atom. The highest BCUT2D eigenvalue weighted by molar-refractivity contribution is 6.35. The van der Waals surface area contributed by atoms with Crippen molar-refractivity contribution in [3.63, 3.8) is 0 Å². The molecule has 1 heterocycles. The van der Waals surface area contributed by atoms with E-state index >= 15 is 0 Å². The molecule has 0 aliphatic heterocycles. The van der Waals surface area contributed by atoms with E-state index in [1.807, 2.05) is 0 Å². The van der Waals surface area contributed by atoms with Crippen LogP contribution in [0, 0.1) is 0 Å². The van der Waals surface area contributed by atoms with Gasteiger partial charge in [0.15, 0.2) is 6.61 Å². The molecule has 0 aliphatic carbocycles. The second kappa shape index (κ2) is 8.55. The smallest absolute Gasteiger partial charge is 0.374 e. The summed E-state index contributed by atoms with van der Waals surface area (Å²) in [5.74, 6) is -1.55. The number of hydrogen-bond donors (Lipinski definition) is 2. The fourth-order valence-corrected chi connectivity index (χ4v) is 2.18. The highest BCUT2D eigenvalue weighted by Crippen LogP contribution is 2.31. The maximum absolute atomic E-state index is 11.9. The van der Waals surface area contributed by atoms with E-state index in [0.717, 1.165) is 0 Å². The topological polar surface area (TPSA) is 97.6 Å². The van der Waals surface area contributed by atoms with Gasteiger partial charge in [-0.1, -0.05) is 23.2 Å². The number of benzene rings is 1. The molecule has 1 aromatic heterocycles. The maximum Gasteiger partial charge on any atom is 0.374 e. The summed E-state index contributed by atoms with van der Waals surface area (Å²) in [5.41, 5.74) is 0.525. The molecule has 0 unspecified atom stereocenters. The Labute approximate surface area is 153 Å². The number of halogens is 2. The number of nitrogens with one attached hydrogen (secondary N) is 2. The first-order chi connectivity index (χ1) is 11.9. The minimum atomic E-state index is -0.820. The van der Waals surface area contributed by atoms with E-state index in [0.29, 0.717) is 21.4 Å². The number of esters is 1. The molecule has 2 amide bonds. The molecule has 2 aromatic rings. The number of carbonyl (C=O) groups is 3. The van der Waals surface area contributed by atoms with Crippen LogP contribution in [-0.2, 0) is 14.3 Å². The Morgan fingerprint density at radius 1 is 1.12 bits per heavy atom. The average molecular weight is 385 g/mol. The van der Waals surface area contributed by atoms with Crippen molar-refractivity contribution in [2.45, 2.75) is 0 Å². The molecule has 1 aromatic carbocycles. The molecule has 0 saturated carbocycles. The first kappa shape index (κ1) is 18.8. The zero-order chi connectivity index (χ0) is 18.4. The monoisotopic (exact) mass is 384 g/mol. The lowest BCUT2D eigenvalue weighted by atomic mass is 10.2. The molecule has 0 bridgehead atoms. The number of hydrogen-bond acceptors (Lipinski definition) is 5. The Morgan fingerprint density at radius 3 is 2.60 bits per heavy atom. The van der Waals surface area contributed by atoms with Gasteiger partial charge in [0.05, 0.1) is 11.6 Å². The molecule has 0 fully saturated rings. The fourth-order valence-electron chi connectivity index (χ4n) is 1.80. The maximum atomic E-state index is 11.9. The SMILES string of the molecule is CNC(=O)CNC(=O)COC(=O)c1ccc(-c2cc(Cl)ccc2Cl)o1.